The van der Waals surface area contributed by atoms with Crippen LogP contribution in [0.1, 0.15) is 27.3 Å². The van der Waals surface area contributed by atoms with Crippen molar-refractivity contribution >= 4 is 39.3 Å². The zero-order valence-corrected chi connectivity index (χ0v) is 18.8. The molecule has 2 aliphatic rings. The Kier molecular flexibility index (Phi) is 4.88. The molecule has 1 aliphatic carbocycles. The third-order valence-electron chi connectivity index (χ3n) is 6.71. The molecule has 2 aromatic heterocycles. The molecule has 172 valence electrons. The number of carbonyl (C=O) groups excluding carboxylic acids is 2. The highest BCUT2D eigenvalue weighted by atomic mass is 32.1. The topological polar surface area (TPSA) is 101 Å². The predicted molar refractivity (Wildman–Crippen MR) is 127 cm³/mol. The van der Waals surface area contributed by atoms with Crippen LogP contribution in [0.25, 0.3) is 21.4 Å². The summed E-state index contributed by atoms with van der Waals surface area (Å²) in [5, 5.41) is 4.01. The summed E-state index contributed by atoms with van der Waals surface area (Å²) >= 11 is 1.17. The SMILES string of the molecule is Nc1nc(C(=O)N2CC3CC3C2CNC(=O)c2cccc3occc23)c(-c2cccc(F)c2)s1. The van der Waals surface area contributed by atoms with Crippen LogP contribution in [0.2, 0.25) is 0 Å². The van der Waals surface area contributed by atoms with Gasteiger partial charge in [0.25, 0.3) is 11.8 Å². The van der Waals surface area contributed by atoms with Crippen molar-refractivity contribution in [3.05, 3.63) is 71.9 Å². The fraction of sp³-hybridized carbons (Fsp3) is 0.240. The first-order chi connectivity index (χ1) is 16.5. The number of nitrogens with one attached hydrogen (secondary N) is 1. The van der Waals surface area contributed by atoms with Gasteiger partial charge in [-0.25, -0.2) is 9.37 Å². The maximum absolute atomic E-state index is 13.8. The number of amides is 2. The van der Waals surface area contributed by atoms with Crippen LogP contribution in [0.5, 0.6) is 0 Å². The van der Waals surface area contributed by atoms with Crippen molar-refractivity contribution in [3.8, 4) is 10.4 Å². The molecule has 2 aromatic carbocycles. The van der Waals surface area contributed by atoms with Gasteiger partial charge < -0.3 is 20.4 Å². The van der Waals surface area contributed by atoms with Gasteiger partial charge in [-0.3, -0.25) is 9.59 Å². The lowest BCUT2D eigenvalue weighted by molar-refractivity contribution is 0.0691. The van der Waals surface area contributed by atoms with Crippen LogP contribution >= 0.6 is 11.3 Å². The largest absolute Gasteiger partial charge is 0.464 e. The number of furan rings is 1. The lowest BCUT2D eigenvalue weighted by Gasteiger charge is -2.27. The molecule has 1 saturated heterocycles. The number of rotatable bonds is 5. The second-order valence-electron chi connectivity index (χ2n) is 8.77. The number of aromatic nitrogens is 1. The minimum atomic E-state index is -0.390. The van der Waals surface area contributed by atoms with Gasteiger partial charge in [0, 0.05) is 18.5 Å². The predicted octanol–water partition coefficient (Wildman–Crippen LogP) is 4.17. The average molecular weight is 477 g/mol. The molecular weight excluding hydrogens is 455 g/mol. The number of fused-ring (bicyclic) bond motifs is 2. The fourth-order valence-corrected chi connectivity index (χ4v) is 5.81. The Morgan fingerprint density at radius 3 is 2.94 bits per heavy atom. The minimum Gasteiger partial charge on any atom is -0.464 e. The molecule has 3 atom stereocenters. The van der Waals surface area contributed by atoms with Crippen LogP contribution in [-0.4, -0.2) is 40.8 Å². The van der Waals surface area contributed by atoms with Gasteiger partial charge in [-0.05, 0) is 54.2 Å². The van der Waals surface area contributed by atoms with Crippen LogP contribution in [0, 0.1) is 17.7 Å². The van der Waals surface area contributed by atoms with Crippen LogP contribution in [0.3, 0.4) is 0 Å². The van der Waals surface area contributed by atoms with Crippen molar-refractivity contribution in [2.45, 2.75) is 12.5 Å². The fourth-order valence-electron chi connectivity index (χ4n) is 4.99. The van der Waals surface area contributed by atoms with E-state index in [1.54, 1.807) is 41.5 Å². The first-order valence-electron chi connectivity index (χ1n) is 11.1. The number of thiazole rings is 1. The van der Waals surface area contributed by atoms with Gasteiger partial charge in [-0.2, -0.15) is 0 Å². The molecule has 4 aromatic rings. The molecule has 0 bridgehead atoms. The molecule has 1 saturated carbocycles. The standard InChI is InChI=1S/C25H21FN4O3S/c26-15-4-1-3-13(9-15)22-21(29-25(27)34-22)24(32)30-12-14-10-18(14)19(30)11-28-23(31)17-5-2-6-20-16(17)7-8-33-20/h1-9,14,18-19H,10-12H2,(H2,27,29)(H,28,31). The molecular formula is C25H21FN4O3S. The molecule has 34 heavy (non-hydrogen) atoms. The summed E-state index contributed by atoms with van der Waals surface area (Å²) in [7, 11) is 0. The van der Waals surface area contributed by atoms with Gasteiger partial charge in [0.05, 0.1) is 22.7 Å². The number of anilines is 1. The lowest BCUT2D eigenvalue weighted by Crippen LogP contribution is -2.45. The number of hydrogen-bond acceptors (Lipinski definition) is 6. The highest BCUT2D eigenvalue weighted by molar-refractivity contribution is 7.19. The second kappa shape index (κ2) is 7.95. The molecule has 1 aliphatic heterocycles. The number of carbonyl (C=O) groups is 2. The third-order valence-corrected chi connectivity index (χ3v) is 7.64. The first kappa shape index (κ1) is 20.9. The van der Waals surface area contributed by atoms with E-state index < -0.39 is 5.82 Å². The van der Waals surface area contributed by atoms with Crippen molar-refractivity contribution in [3.63, 3.8) is 0 Å². The molecule has 9 heteroatoms. The summed E-state index contributed by atoms with van der Waals surface area (Å²) in [6.45, 7) is 0.955. The van der Waals surface area contributed by atoms with E-state index in [9.17, 15) is 14.0 Å². The number of benzene rings is 2. The van der Waals surface area contributed by atoms with E-state index in [0.717, 1.165) is 11.8 Å². The smallest absolute Gasteiger partial charge is 0.274 e. The van der Waals surface area contributed by atoms with Gasteiger partial charge in [0.1, 0.15) is 17.1 Å². The molecule has 2 fully saturated rings. The highest BCUT2D eigenvalue weighted by Gasteiger charge is 2.54. The monoisotopic (exact) mass is 476 g/mol. The second-order valence-corrected chi connectivity index (χ2v) is 9.80. The molecule has 2 amide bonds. The Hall–Kier alpha value is -3.72. The average Bonchev–Trinajstić information content (AvgIpc) is 3.16. The Balaban J connectivity index is 1.23. The Labute approximate surface area is 198 Å². The number of likely N-dealkylation sites (tertiary alicyclic amines) is 1. The van der Waals surface area contributed by atoms with Crippen molar-refractivity contribution in [1.29, 1.82) is 0 Å². The minimum absolute atomic E-state index is 0.131. The maximum Gasteiger partial charge on any atom is 0.274 e. The number of nitrogen functional groups attached to an aromatic ring is 1. The molecule has 3 unspecified atom stereocenters. The zero-order valence-electron chi connectivity index (χ0n) is 18.0. The van der Waals surface area contributed by atoms with Gasteiger partial charge in [0.15, 0.2) is 5.13 Å². The van der Waals surface area contributed by atoms with Crippen LogP contribution < -0.4 is 11.1 Å². The van der Waals surface area contributed by atoms with Crippen molar-refractivity contribution in [2.24, 2.45) is 11.8 Å². The molecule has 0 spiro atoms. The van der Waals surface area contributed by atoms with E-state index in [1.165, 1.54) is 23.5 Å². The van der Waals surface area contributed by atoms with Crippen molar-refractivity contribution in [1.82, 2.24) is 15.2 Å². The summed E-state index contributed by atoms with van der Waals surface area (Å²) in [5.74, 6) is -0.0599. The Morgan fingerprint density at radius 2 is 2.09 bits per heavy atom. The van der Waals surface area contributed by atoms with E-state index in [2.05, 4.69) is 10.3 Å². The number of nitrogens with zero attached hydrogens (tertiary/aromatic N) is 2. The normalized spacial score (nSPS) is 21.0. The number of halogens is 1. The molecule has 3 heterocycles. The molecule has 0 radical (unpaired) electrons. The van der Waals surface area contributed by atoms with Crippen molar-refractivity contribution < 1.29 is 18.4 Å². The molecule has 6 rings (SSSR count). The quantitative estimate of drug-likeness (QED) is 0.450. The van der Waals surface area contributed by atoms with E-state index in [-0.39, 0.29) is 28.7 Å². The van der Waals surface area contributed by atoms with E-state index >= 15 is 0 Å². The van der Waals surface area contributed by atoms with E-state index in [1.807, 2.05) is 6.07 Å². The van der Waals surface area contributed by atoms with Crippen LogP contribution in [-0.2, 0) is 0 Å². The summed E-state index contributed by atoms with van der Waals surface area (Å²) in [4.78, 5) is 33.1. The summed E-state index contributed by atoms with van der Waals surface area (Å²) < 4.78 is 19.2. The maximum atomic E-state index is 13.8. The number of piperidine rings is 1. The number of hydrogen-bond donors (Lipinski definition) is 2. The van der Waals surface area contributed by atoms with Gasteiger partial charge in [-0.15, -0.1) is 0 Å². The molecule has 3 N–H and O–H groups in total. The summed E-state index contributed by atoms with van der Waals surface area (Å²) in [6, 6.07) is 13.1. The third kappa shape index (κ3) is 3.52. The van der Waals surface area contributed by atoms with Gasteiger partial charge >= 0.3 is 0 Å². The van der Waals surface area contributed by atoms with E-state index in [0.29, 0.717) is 46.5 Å². The van der Waals surface area contributed by atoms with Crippen LogP contribution in [0.15, 0.2) is 59.2 Å². The summed E-state index contributed by atoms with van der Waals surface area (Å²) in [5.41, 5.74) is 7.93. The lowest BCUT2D eigenvalue weighted by atomic mass is 10.1. The summed E-state index contributed by atoms with van der Waals surface area (Å²) in [6.07, 6.45) is 2.60. The van der Waals surface area contributed by atoms with Crippen LogP contribution in [0.4, 0.5) is 9.52 Å². The van der Waals surface area contributed by atoms with Crippen molar-refractivity contribution in [2.75, 3.05) is 18.8 Å². The van der Waals surface area contributed by atoms with Gasteiger partial charge in [-0.1, -0.05) is 29.5 Å². The molecule has 7 nitrogen and oxygen atoms in total. The zero-order chi connectivity index (χ0) is 23.4. The van der Waals surface area contributed by atoms with E-state index in [4.69, 9.17) is 10.2 Å². The highest BCUT2D eigenvalue weighted by Crippen LogP contribution is 2.50. The Morgan fingerprint density at radius 1 is 1.24 bits per heavy atom. The first-order valence-corrected chi connectivity index (χ1v) is 11.9. The van der Waals surface area contributed by atoms with Gasteiger partial charge in [0.2, 0.25) is 0 Å². The Bertz CT molecular complexity index is 1430. The number of nitrogens with two attached hydrogens (primary N) is 1.